The van der Waals surface area contributed by atoms with E-state index in [4.69, 9.17) is 14.2 Å². The topological polar surface area (TPSA) is 78.9 Å². The maximum absolute atomic E-state index is 12.8. The van der Waals surface area contributed by atoms with Crippen LogP contribution in [-0.4, -0.2) is 37.2 Å². The Hall–Kier alpha value is -3.15. The van der Waals surface area contributed by atoms with E-state index in [1.54, 1.807) is 0 Å². The minimum Gasteiger partial charge on any atom is -0.462 e. The van der Waals surface area contributed by atoms with Gasteiger partial charge in [0.1, 0.15) is 13.2 Å². The van der Waals surface area contributed by atoms with Crippen molar-refractivity contribution < 1.29 is 28.6 Å². The molecule has 0 aliphatic carbocycles. The highest BCUT2D eigenvalue weighted by atomic mass is 16.6. The molecule has 0 radical (unpaired) electrons. The molecular weight excluding hydrogens is 757 g/mol. The molecule has 350 valence electrons. The van der Waals surface area contributed by atoms with E-state index < -0.39 is 6.10 Å². The number of carbonyl (C=O) groups is 3. The summed E-state index contributed by atoms with van der Waals surface area (Å²) in [7, 11) is 0. The van der Waals surface area contributed by atoms with Crippen LogP contribution >= 0.6 is 0 Å². The molecule has 0 fully saturated rings. The number of esters is 3. The molecule has 0 saturated carbocycles. The second kappa shape index (κ2) is 49.5. The first-order chi connectivity index (χ1) is 30.0. The van der Waals surface area contributed by atoms with E-state index in [1.807, 2.05) is 0 Å². The largest absolute Gasteiger partial charge is 0.462 e. The average Bonchev–Trinajstić information content (AvgIpc) is 3.26. The zero-order chi connectivity index (χ0) is 44.4. The minimum absolute atomic E-state index is 0.0972. The zero-order valence-corrected chi connectivity index (χ0v) is 39.9. The summed E-state index contributed by atoms with van der Waals surface area (Å²) < 4.78 is 16.7. The van der Waals surface area contributed by atoms with Gasteiger partial charge in [0, 0.05) is 19.3 Å². The number of hydrogen-bond acceptors (Lipinski definition) is 6. The standard InChI is InChI=1S/C55H94O6/c1-4-7-10-13-16-19-22-24-26-27-28-30-31-33-36-39-42-45-48-54(57)60-51-52(50-59-53(56)47-44-41-38-35-21-18-15-12-9-6-3)61-55(58)49-46-43-40-37-34-32-29-25-23-20-17-14-11-8-5-2/h8,11-12,15,17,20,25-27,29,34,37,52H,4-7,9-10,13-14,16,18-19,21-24,28,30-33,35-36,38-51H2,1-3H3/b11-8-,15-12-,20-17-,27-26-,29-25-,37-34-. The Labute approximate surface area is 376 Å². The van der Waals surface area contributed by atoms with Gasteiger partial charge in [-0.2, -0.15) is 0 Å². The van der Waals surface area contributed by atoms with Crippen LogP contribution in [0.4, 0.5) is 0 Å². The molecule has 0 aromatic heterocycles. The molecule has 0 aromatic rings. The van der Waals surface area contributed by atoms with Gasteiger partial charge in [0.2, 0.25) is 0 Å². The Bertz CT molecular complexity index is 1160. The van der Waals surface area contributed by atoms with Crippen molar-refractivity contribution in [3.05, 3.63) is 72.9 Å². The third-order valence-electron chi connectivity index (χ3n) is 10.6. The van der Waals surface area contributed by atoms with Crippen LogP contribution in [0.25, 0.3) is 0 Å². The van der Waals surface area contributed by atoms with Crippen LogP contribution < -0.4 is 0 Å². The fourth-order valence-corrected chi connectivity index (χ4v) is 6.84. The molecule has 0 bridgehead atoms. The van der Waals surface area contributed by atoms with Crippen molar-refractivity contribution in [2.75, 3.05) is 13.2 Å². The monoisotopic (exact) mass is 851 g/mol. The highest BCUT2D eigenvalue weighted by Crippen LogP contribution is 2.14. The number of rotatable bonds is 45. The van der Waals surface area contributed by atoms with E-state index in [2.05, 4.69) is 93.7 Å². The average molecular weight is 851 g/mol. The molecule has 61 heavy (non-hydrogen) atoms. The molecule has 6 heteroatoms. The van der Waals surface area contributed by atoms with Crippen molar-refractivity contribution in [2.45, 2.75) is 245 Å². The maximum atomic E-state index is 12.8. The maximum Gasteiger partial charge on any atom is 0.306 e. The van der Waals surface area contributed by atoms with E-state index in [9.17, 15) is 14.4 Å². The lowest BCUT2D eigenvalue weighted by Gasteiger charge is -2.18. The van der Waals surface area contributed by atoms with Gasteiger partial charge in [-0.25, -0.2) is 0 Å². The molecule has 0 aliphatic heterocycles. The summed E-state index contributed by atoms with van der Waals surface area (Å²) in [5.74, 6) is -0.955. The van der Waals surface area contributed by atoms with Gasteiger partial charge in [0.25, 0.3) is 0 Å². The normalized spacial score (nSPS) is 12.6. The highest BCUT2D eigenvalue weighted by Gasteiger charge is 2.19. The van der Waals surface area contributed by atoms with Gasteiger partial charge in [-0.15, -0.1) is 0 Å². The van der Waals surface area contributed by atoms with Crippen molar-refractivity contribution >= 4 is 17.9 Å². The fraction of sp³-hybridized carbons (Fsp3) is 0.727. The molecule has 0 rings (SSSR count). The summed E-state index contributed by atoms with van der Waals surface area (Å²) in [5, 5.41) is 0. The Kier molecular flexibility index (Phi) is 46.9. The Morgan fingerprint density at radius 2 is 0.672 bits per heavy atom. The Balaban J connectivity index is 4.40. The first-order valence-electron chi connectivity index (χ1n) is 25.4. The number of ether oxygens (including phenoxy) is 3. The predicted octanol–water partition coefficient (Wildman–Crippen LogP) is 16.6. The highest BCUT2D eigenvalue weighted by molar-refractivity contribution is 5.71. The second-order valence-electron chi connectivity index (χ2n) is 16.7. The molecule has 0 amide bonds. The Morgan fingerprint density at radius 1 is 0.344 bits per heavy atom. The predicted molar refractivity (Wildman–Crippen MR) is 261 cm³/mol. The molecule has 6 nitrogen and oxygen atoms in total. The van der Waals surface area contributed by atoms with Crippen molar-refractivity contribution in [3.63, 3.8) is 0 Å². The molecule has 0 saturated heterocycles. The van der Waals surface area contributed by atoms with Gasteiger partial charge in [-0.3, -0.25) is 14.4 Å². The van der Waals surface area contributed by atoms with Crippen LogP contribution in [0, 0.1) is 0 Å². The lowest BCUT2D eigenvalue weighted by molar-refractivity contribution is -0.167. The summed E-state index contributed by atoms with van der Waals surface area (Å²) in [6.07, 6.45) is 61.8. The zero-order valence-electron chi connectivity index (χ0n) is 39.9. The number of unbranched alkanes of at least 4 members (excludes halogenated alkanes) is 22. The third kappa shape index (κ3) is 47.7. The molecule has 0 heterocycles. The van der Waals surface area contributed by atoms with Gasteiger partial charge in [0.05, 0.1) is 0 Å². The summed E-state index contributed by atoms with van der Waals surface area (Å²) in [4.78, 5) is 37.9. The van der Waals surface area contributed by atoms with E-state index in [0.717, 1.165) is 96.3 Å². The lowest BCUT2D eigenvalue weighted by Crippen LogP contribution is -2.30. The first-order valence-corrected chi connectivity index (χ1v) is 25.4. The van der Waals surface area contributed by atoms with Gasteiger partial charge < -0.3 is 14.2 Å². The summed E-state index contributed by atoms with van der Waals surface area (Å²) in [5.41, 5.74) is 0. The molecule has 0 spiro atoms. The third-order valence-corrected chi connectivity index (χ3v) is 10.6. The summed E-state index contributed by atoms with van der Waals surface area (Å²) >= 11 is 0. The molecule has 0 aromatic carbocycles. The van der Waals surface area contributed by atoms with E-state index in [-0.39, 0.29) is 37.5 Å². The van der Waals surface area contributed by atoms with Crippen LogP contribution in [0.5, 0.6) is 0 Å². The smallest absolute Gasteiger partial charge is 0.306 e. The summed E-state index contributed by atoms with van der Waals surface area (Å²) in [6, 6.07) is 0. The fourth-order valence-electron chi connectivity index (χ4n) is 6.84. The number of hydrogen-bond donors (Lipinski definition) is 0. The quantitative estimate of drug-likeness (QED) is 0.0263. The van der Waals surface area contributed by atoms with Gasteiger partial charge in [0.15, 0.2) is 6.10 Å². The number of allylic oxidation sites excluding steroid dienone is 12. The minimum atomic E-state index is -0.800. The molecule has 0 aliphatic rings. The molecular formula is C55H94O6. The number of carbonyl (C=O) groups excluding carboxylic acids is 3. The van der Waals surface area contributed by atoms with Crippen molar-refractivity contribution in [2.24, 2.45) is 0 Å². The van der Waals surface area contributed by atoms with Crippen LogP contribution in [0.1, 0.15) is 239 Å². The van der Waals surface area contributed by atoms with Crippen LogP contribution in [0.3, 0.4) is 0 Å². The molecule has 1 atom stereocenters. The van der Waals surface area contributed by atoms with Gasteiger partial charge >= 0.3 is 17.9 Å². The second-order valence-corrected chi connectivity index (χ2v) is 16.7. The van der Waals surface area contributed by atoms with Crippen molar-refractivity contribution in [1.82, 2.24) is 0 Å². The van der Waals surface area contributed by atoms with E-state index >= 15 is 0 Å². The van der Waals surface area contributed by atoms with Crippen molar-refractivity contribution in [1.29, 1.82) is 0 Å². The van der Waals surface area contributed by atoms with Crippen LogP contribution in [0.15, 0.2) is 72.9 Å². The van der Waals surface area contributed by atoms with Crippen molar-refractivity contribution in [3.8, 4) is 0 Å². The van der Waals surface area contributed by atoms with Gasteiger partial charge in [-0.1, -0.05) is 190 Å². The lowest BCUT2D eigenvalue weighted by atomic mass is 10.1. The van der Waals surface area contributed by atoms with E-state index in [1.165, 1.54) is 96.3 Å². The summed E-state index contributed by atoms with van der Waals surface area (Å²) in [6.45, 7) is 6.41. The Morgan fingerprint density at radius 3 is 1.11 bits per heavy atom. The first kappa shape index (κ1) is 57.9. The van der Waals surface area contributed by atoms with E-state index in [0.29, 0.717) is 19.3 Å². The molecule has 1 unspecified atom stereocenters. The van der Waals surface area contributed by atoms with Crippen LogP contribution in [-0.2, 0) is 28.6 Å². The van der Waals surface area contributed by atoms with Crippen LogP contribution in [0.2, 0.25) is 0 Å². The SMILES string of the molecule is CC/C=C\C/C=C\C/C=C\C/C=C\CCCCC(=O)OC(COC(=O)CCCCCCC/C=C\CCC)COC(=O)CCCCCCCCC/C=C\CCCCCCCCC. The molecule has 0 N–H and O–H groups in total. The van der Waals surface area contributed by atoms with Gasteiger partial charge in [-0.05, 0) is 103 Å².